The third-order valence-corrected chi connectivity index (χ3v) is 3.43. The number of aliphatic hydroxyl groups is 1. The van der Waals surface area contributed by atoms with Gasteiger partial charge in [0.1, 0.15) is 0 Å². The van der Waals surface area contributed by atoms with Crippen LogP contribution in [0.15, 0.2) is 0 Å². The minimum absolute atomic E-state index is 0.213. The fraction of sp³-hybridized carbons (Fsp3) is 1.00. The van der Waals surface area contributed by atoms with Crippen LogP contribution in [-0.4, -0.2) is 30.0 Å². The summed E-state index contributed by atoms with van der Waals surface area (Å²) in [7, 11) is 0. The van der Waals surface area contributed by atoms with Crippen LogP contribution >= 0.6 is 0 Å². The SMILES string of the molecule is CC1CCCC(CO)(NCC(F)(F)F)CC1. The van der Waals surface area contributed by atoms with Crippen molar-refractivity contribution in [2.45, 2.75) is 50.7 Å². The maximum atomic E-state index is 12.2. The summed E-state index contributed by atoms with van der Waals surface area (Å²) in [5, 5.41) is 11.8. The normalized spacial score (nSPS) is 32.4. The molecule has 1 aliphatic carbocycles. The van der Waals surface area contributed by atoms with Crippen LogP contribution in [0.1, 0.15) is 39.0 Å². The van der Waals surface area contributed by atoms with Gasteiger partial charge in [-0.15, -0.1) is 0 Å². The third kappa shape index (κ3) is 4.29. The second-order valence-corrected chi connectivity index (χ2v) is 4.94. The van der Waals surface area contributed by atoms with Gasteiger partial charge in [0, 0.05) is 5.54 Å². The molecule has 5 heteroatoms. The van der Waals surface area contributed by atoms with E-state index in [9.17, 15) is 18.3 Å². The van der Waals surface area contributed by atoms with Crippen molar-refractivity contribution in [3.63, 3.8) is 0 Å². The molecule has 96 valence electrons. The molecule has 0 aromatic carbocycles. The Balaban J connectivity index is 2.55. The number of rotatable bonds is 3. The van der Waals surface area contributed by atoms with Crippen molar-refractivity contribution < 1.29 is 18.3 Å². The van der Waals surface area contributed by atoms with E-state index in [1.165, 1.54) is 0 Å². The number of halogens is 3. The van der Waals surface area contributed by atoms with E-state index in [1.807, 2.05) is 0 Å². The summed E-state index contributed by atoms with van der Waals surface area (Å²) in [6.07, 6.45) is -0.155. The molecule has 0 heterocycles. The van der Waals surface area contributed by atoms with Gasteiger partial charge in [0.05, 0.1) is 13.2 Å². The first kappa shape index (κ1) is 13.8. The van der Waals surface area contributed by atoms with E-state index in [0.717, 1.165) is 19.3 Å². The monoisotopic (exact) mass is 239 g/mol. The van der Waals surface area contributed by atoms with Gasteiger partial charge in [-0.2, -0.15) is 13.2 Å². The maximum absolute atomic E-state index is 12.2. The summed E-state index contributed by atoms with van der Waals surface area (Å²) >= 11 is 0. The van der Waals surface area contributed by atoms with Gasteiger partial charge in [-0.05, 0) is 25.2 Å². The van der Waals surface area contributed by atoms with E-state index in [2.05, 4.69) is 12.2 Å². The Hall–Kier alpha value is -0.290. The number of aliphatic hydroxyl groups excluding tert-OH is 1. The zero-order valence-electron chi connectivity index (χ0n) is 9.61. The Labute approximate surface area is 94.2 Å². The maximum Gasteiger partial charge on any atom is 0.401 e. The van der Waals surface area contributed by atoms with Crippen molar-refractivity contribution in [3.05, 3.63) is 0 Å². The molecule has 0 bridgehead atoms. The lowest BCUT2D eigenvalue weighted by Crippen LogP contribution is -2.51. The van der Waals surface area contributed by atoms with Crippen molar-refractivity contribution in [3.8, 4) is 0 Å². The molecule has 1 saturated carbocycles. The van der Waals surface area contributed by atoms with Crippen LogP contribution in [-0.2, 0) is 0 Å². The van der Waals surface area contributed by atoms with Crippen molar-refractivity contribution >= 4 is 0 Å². The van der Waals surface area contributed by atoms with Crippen LogP contribution in [0.2, 0.25) is 0 Å². The average Bonchev–Trinajstić information content (AvgIpc) is 2.38. The Morgan fingerprint density at radius 2 is 2.00 bits per heavy atom. The van der Waals surface area contributed by atoms with Gasteiger partial charge in [0.15, 0.2) is 0 Å². The summed E-state index contributed by atoms with van der Waals surface area (Å²) in [5.74, 6) is 0.543. The van der Waals surface area contributed by atoms with E-state index in [-0.39, 0.29) is 6.61 Å². The molecule has 1 rings (SSSR count). The van der Waals surface area contributed by atoms with Crippen LogP contribution in [0.4, 0.5) is 13.2 Å². The van der Waals surface area contributed by atoms with Crippen molar-refractivity contribution in [2.75, 3.05) is 13.2 Å². The number of nitrogens with one attached hydrogen (secondary N) is 1. The molecule has 2 unspecified atom stereocenters. The average molecular weight is 239 g/mol. The molecule has 0 radical (unpaired) electrons. The topological polar surface area (TPSA) is 32.3 Å². The lowest BCUT2D eigenvalue weighted by molar-refractivity contribution is -0.130. The molecule has 2 nitrogen and oxygen atoms in total. The molecule has 1 aliphatic rings. The lowest BCUT2D eigenvalue weighted by Gasteiger charge is -2.32. The smallest absolute Gasteiger partial charge is 0.394 e. The molecule has 0 aromatic rings. The van der Waals surface area contributed by atoms with Crippen LogP contribution in [0, 0.1) is 5.92 Å². The number of hydrogen-bond acceptors (Lipinski definition) is 2. The Bertz CT molecular complexity index is 220. The highest BCUT2D eigenvalue weighted by atomic mass is 19.4. The molecule has 0 aliphatic heterocycles. The highest BCUT2D eigenvalue weighted by Gasteiger charge is 2.36. The molecule has 0 aromatic heterocycles. The highest BCUT2D eigenvalue weighted by molar-refractivity contribution is 4.90. The molecular weight excluding hydrogens is 219 g/mol. The summed E-state index contributed by atoms with van der Waals surface area (Å²) < 4.78 is 36.5. The second kappa shape index (κ2) is 5.36. The predicted molar refractivity (Wildman–Crippen MR) is 56.1 cm³/mol. The fourth-order valence-corrected chi connectivity index (χ4v) is 2.26. The molecule has 2 atom stereocenters. The first-order chi connectivity index (χ1) is 7.37. The zero-order chi connectivity index (χ0) is 12.2. The summed E-state index contributed by atoms with van der Waals surface area (Å²) in [4.78, 5) is 0. The minimum Gasteiger partial charge on any atom is -0.394 e. The van der Waals surface area contributed by atoms with Crippen LogP contribution in [0.25, 0.3) is 0 Å². The molecule has 0 amide bonds. The van der Waals surface area contributed by atoms with Crippen LogP contribution < -0.4 is 5.32 Å². The summed E-state index contributed by atoms with van der Waals surface area (Å²) in [6.45, 7) is 0.884. The standard InChI is InChI=1S/C11H20F3NO/c1-9-3-2-5-10(8-16,6-4-9)15-7-11(12,13)14/h9,15-16H,2-8H2,1H3. The fourth-order valence-electron chi connectivity index (χ4n) is 2.26. The quantitative estimate of drug-likeness (QED) is 0.741. The van der Waals surface area contributed by atoms with E-state index in [1.54, 1.807) is 0 Å². The van der Waals surface area contributed by atoms with Crippen molar-refractivity contribution in [1.29, 1.82) is 0 Å². The Morgan fingerprint density at radius 1 is 1.31 bits per heavy atom. The van der Waals surface area contributed by atoms with E-state index in [4.69, 9.17) is 0 Å². The molecule has 16 heavy (non-hydrogen) atoms. The molecule has 0 saturated heterocycles. The van der Waals surface area contributed by atoms with Gasteiger partial charge in [0.2, 0.25) is 0 Å². The van der Waals surface area contributed by atoms with Gasteiger partial charge in [-0.3, -0.25) is 0 Å². The second-order valence-electron chi connectivity index (χ2n) is 4.94. The summed E-state index contributed by atoms with van der Waals surface area (Å²) in [5.41, 5.74) is -0.722. The van der Waals surface area contributed by atoms with E-state index >= 15 is 0 Å². The minimum atomic E-state index is -4.21. The Kier molecular flexibility index (Phi) is 4.62. The van der Waals surface area contributed by atoms with Gasteiger partial charge in [-0.1, -0.05) is 19.8 Å². The lowest BCUT2D eigenvalue weighted by atomic mass is 9.90. The molecule has 2 N–H and O–H groups in total. The van der Waals surface area contributed by atoms with Gasteiger partial charge < -0.3 is 10.4 Å². The molecule has 0 spiro atoms. The van der Waals surface area contributed by atoms with E-state index < -0.39 is 18.3 Å². The highest BCUT2D eigenvalue weighted by Crippen LogP contribution is 2.30. The van der Waals surface area contributed by atoms with Crippen LogP contribution in [0.3, 0.4) is 0 Å². The van der Waals surface area contributed by atoms with Crippen molar-refractivity contribution in [2.24, 2.45) is 5.92 Å². The van der Waals surface area contributed by atoms with Crippen molar-refractivity contribution in [1.82, 2.24) is 5.32 Å². The van der Waals surface area contributed by atoms with Crippen LogP contribution in [0.5, 0.6) is 0 Å². The largest absolute Gasteiger partial charge is 0.401 e. The van der Waals surface area contributed by atoms with Gasteiger partial charge in [0.25, 0.3) is 0 Å². The number of hydrogen-bond donors (Lipinski definition) is 2. The number of alkyl halides is 3. The van der Waals surface area contributed by atoms with Gasteiger partial charge in [-0.25, -0.2) is 0 Å². The van der Waals surface area contributed by atoms with E-state index in [0.29, 0.717) is 18.8 Å². The first-order valence-corrected chi connectivity index (χ1v) is 5.79. The predicted octanol–water partition coefficient (Wildman–Crippen LogP) is 2.47. The molecule has 1 fully saturated rings. The first-order valence-electron chi connectivity index (χ1n) is 5.79. The van der Waals surface area contributed by atoms with Gasteiger partial charge >= 0.3 is 6.18 Å². The summed E-state index contributed by atoms with van der Waals surface area (Å²) in [6, 6.07) is 0. The third-order valence-electron chi connectivity index (χ3n) is 3.43. The zero-order valence-corrected chi connectivity index (χ0v) is 9.61. The Morgan fingerprint density at radius 3 is 2.56 bits per heavy atom. The molecular formula is C11H20F3NO.